The van der Waals surface area contributed by atoms with Crippen LogP contribution in [-0.4, -0.2) is 11.6 Å². The number of hydrogen-bond acceptors (Lipinski definition) is 1. The molecular formula is C29H22N2. The van der Waals surface area contributed by atoms with Crippen molar-refractivity contribution in [3.8, 4) is 5.69 Å². The molecule has 0 amide bonds. The summed E-state index contributed by atoms with van der Waals surface area (Å²) in [6.07, 6.45) is 0. The van der Waals surface area contributed by atoms with Crippen molar-refractivity contribution in [2.24, 2.45) is 0 Å². The van der Waals surface area contributed by atoms with Gasteiger partial charge in [-0.3, -0.25) is 0 Å². The highest BCUT2D eigenvalue weighted by Crippen LogP contribution is 2.38. The van der Waals surface area contributed by atoms with Crippen molar-refractivity contribution in [2.45, 2.75) is 0 Å². The van der Waals surface area contributed by atoms with Crippen LogP contribution in [0.15, 0.2) is 115 Å². The van der Waals surface area contributed by atoms with Gasteiger partial charge in [0.2, 0.25) is 0 Å². The predicted molar refractivity (Wildman–Crippen MR) is 133 cm³/mol. The molecule has 0 spiro atoms. The smallest absolute Gasteiger partial charge is 0.0542 e. The highest BCUT2D eigenvalue weighted by atomic mass is 15.1. The van der Waals surface area contributed by atoms with E-state index in [2.05, 4.69) is 132 Å². The molecule has 0 saturated carbocycles. The van der Waals surface area contributed by atoms with E-state index in [4.69, 9.17) is 0 Å². The molecule has 0 atom stereocenters. The second-order valence-electron chi connectivity index (χ2n) is 7.91. The Kier molecular flexibility index (Phi) is 4.03. The Morgan fingerprint density at radius 1 is 0.484 bits per heavy atom. The number of rotatable bonds is 3. The highest BCUT2D eigenvalue weighted by Gasteiger charge is 2.16. The van der Waals surface area contributed by atoms with Crippen LogP contribution in [0.2, 0.25) is 0 Å². The summed E-state index contributed by atoms with van der Waals surface area (Å²) in [6, 6.07) is 41.1. The molecule has 148 valence electrons. The zero-order chi connectivity index (χ0) is 20.8. The number of nitrogens with zero attached hydrogens (tertiary/aromatic N) is 2. The second-order valence-corrected chi connectivity index (χ2v) is 7.91. The fourth-order valence-electron chi connectivity index (χ4n) is 4.73. The monoisotopic (exact) mass is 398 g/mol. The van der Waals surface area contributed by atoms with Crippen LogP contribution in [0.3, 0.4) is 0 Å². The summed E-state index contributed by atoms with van der Waals surface area (Å²) in [6.45, 7) is 0. The van der Waals surface area contributed by atoms with Crippen LogP contribution in [0, 0.1) is 0 Å². The summed E-state index contributed by atoms with van der Waals surface area (Å²) < 4.78 is 2.40. The molecule has 6 aromatic rings. The van der Waals surface area contributed by atoms with Gasteiger partial charge in [-0.15, -0.1) is 0 Å². The van der Waals surface area contributed by atoms with Gasteiger partial charge in [-0.05, 0) is 36.4 Å². The van der Waals surface area contributed by atoms with Crippen molar-refractivity contribution in [3.05, 3.63) is 115 Å². The molecule has 2 nitrogen and oxygen atoms in total. The molecule has 0 aliphatic heterocycles. The van der Waals surface area contributed by atoms with Gasteiger partial charge in [0.05, 0.1) is 16.7 Å². The topological polar surface area (TPSA) is 8.17 Å². The lowest BCUT2D eigenvalue weighted by molar-refractivity contribution is 1.18. The van der Waals surface area contributed by atoms with E-state index in [0.717, 1.165) is 0 Å². The van der Waals surface area contributed by atoms with Gasteiger partial charge in [0.15, 0.2) is 0 Å². The molecule has 2 heteroatoms. The lowest BCUT2D eigenvalue weighted by Crippen LogP contribution is -2.10. The first kappa shape index (κ1) is 17.8. The first-order valence-corrected chi connectivity index (χ1v) is 10.6. The standard InChI is InChI=1S/C29H22N2/c1-30(21-11-3-2-4-12-21)26-19-20-29(23-14-6-5-13-22(23)26)31-27-17-9-7-15-24(27)25-16-8-10-18-28(25)31/h2-20H,1H3. The molecule has 31 heavy (non-hydrogen) atoms. The Labute approximate surface area is 181 Å². The van der Waals surface area contributed by atoms with Crippen LogP contribution in [0.5, 0.6) is 0 Å². The largest absolute Gasteiger partial charge is 0.344 e. The van der Waals surface area contributed by atoms with Gasteiger partial charge >= 0.3 is 0 Å². The first-order chi connectivity index (χ1) is 15.3. The van der Waals surface area contributed by atoms with Crippen molar-refractivity contribution in [2.75, 3.05) is 11.9 Å². The van der Waals surface area contributed by atoms with Gasteiger partial charge < -0.3 is 9.47 Å². The summed E-state index contributed by atoms with van der Waals surface area (Å²) in [5, 5.41) is 5.06. The summed E-state index contributed by atoms with van der Waals surface area (Å²) in [5.74, 6) is 0. The third-order valence-electron chi connectivity index (χ3n) is 6.20. The summed E-state index contributed by atoms with van der Waals surface area (Å²) in [4.78, 5) is 2.26. The van der Waals surface area contributed by atoms with Gasteiger partial charge in [0.1, 0.15) is 0 Å². The quantitative estimate of drug-likeness (QED) is 0.296. The lowest BCUT2D eigenvalue weighted by atomic mass is 10.0. The fraction of sp³-hybridized carbons (Fsp3) is 0.0345. The predicted octanol–water partition coefficient (Wildman–Crippen LogP) is 7.70. The molecule has 0 unspecified atom stereocenters. The maximum absolute atomic E-state index is 2.40. The number of fused-ring (bicyclic) bond motifs is 4. The van der Waals surface area contributed by atoms with E-state index in [-0.39, 0.29) is 0 Å². The average Bonchev–Trinajstić information content (AvgIpc) is 3.18. The Bertz CT molecular complexity index is 1490. The number of hydrogen-bond donors (Lipinski definition) is 0. The highest BCUT2D eigenvalue weighted by molar-refractivity contribution is 6.11. The minimum atomic E-state index is 1.18. The SMILES string of the molecule is CN(c1ccccc1)c1ccc(-n2c3ccccc3c3ccccc32)c2ccccc12. The number of benzene rings is 5. The Morgan fingerprint density at radius 2 is 1.00 bits per heavy atom. The van der Waals surface area contributed by atoms with E-state index in [0.29, 0.717) is 0 Å². The van der Waals surface area contributed by atoms with Crippen molar-refractivity contribution < 1.29 is 0 Å². The zero-order valence-electron chi connectivity index (χ0n) is 17.4. The molecule has 0 bridgehead atoms. The van der Waals surface area contributed by atoms with Gasteiger partial charge in [0.25, 0.3) is 0 Å². The lowest BCUT2D eigenvalue weighted by Gasteiger charge is -2.23. The van der Waals surface area contributed by atoms with E-state index < -0.39 is 0 Å². The molecule has 0 N–H and O–H groups in total. The second kappa shape index (κ2) is 7.03. The van der Waals surface area contributed by atoms with Crippen LogP contribution >= 0.6 is 0 Å². The van der Waals surface area contributed by atoms with E-state index >= 15 is 0 Å². The van der Waals surface area contributed by atoms with Gasteiger partial charge in [-0.2, -0.15) is 0 Å². The summed E-state index contributed by atoms with van der Waals surface area (Å²) in [5.41, 5.74) is 6.05. The maximum Gasteiger partial charge on any atom is 0.0542 e. The van der Waals surface area contributed by atoms with Gasteiger partial charge in [-0.1, -0.05) is 78.9 Å². The minimum Gasteiger partial charge on any atom is -0.344 e. The van der Waals surface area contributed by atoms with E-state index in [1.807, 2.05) is 0 Å². The molecule has 0 fully saturated rings. The zero-order valence-corrected chi connectivity index (χ0v) is 17.4. The maximum atomic E-state index is 2.40. The average molecular weight is 399 g/mol. The summed E-state index contributed by atoms with van der Waals surface area (Å²) in [7, 11) is 2.14. The van der Waals surface area contributed by atoms with E-state index in [1.54, 1.807) is 0 Å². The summed E-state index contributed by atoms with van der Waals surface area (Å²) >= 11 is 0. The van der Waals surface area contributed by atoms with Crippen molar-refractivity contribution in [1.82, 2.24) is 4.57 Å². The molecule has 0 saturated heterocycles. The number of aromatic nitrogens is 1. The normalized spacial score (nSPS) is 11.4. The fourth-order valence-corrected chi connectivity index (χ4v) is 4.73. The molecule has 5 aromatic carbocycles. The third kappa shape index (κ3) is 2.72. The third-order valence-corrected chi connectivity index (χ3v) is 6.20. The molecule has 1 heterocycles. The number of anilines is 2. The van der Waals surface area contributed by atoms with Gasteiger partial charge in [-0.25, -0.2) is 0 Å². The molecule has 1 aromatic heterocycles. The van der Waals surface area contributed by atoms with Crippen molar-refractivity contribution in [1.29, 1.82) is 0 Å². The van der Waals surface area contributed by atoms with Gasteiger partial charge in [0, 0.05) is 40.0 Å². The van der Waals surface area contributed by atoms with Crippen molar-refractivity contribution in [3.63, 3.8) is 0 Å². The number of para-hydroxylation sites is 3. The first-order valence-electron chi connectivity index (χ1n) is 10.6. The van der Waals surface area contributed by atoms with E-state index in [1.165, 1.54) is 49.6 Å². The van der Waals surface area contributed by atoms with Crippen LogP contribution < -0.4 is 4.90 Å². The van der Waals surface area contributed by atoms with Crippen LogP contribution in [0.4, 0.5) is 11.4 Å². The van der Waals surface area contributed by atoms with Crippen LogP contribution in [0.25, 0.3) is 38.3 Å². The molecule has 0 aliphatic carbocycles. The minimum absolute atomic E-state index is 1.18. The molecular weight excluding hydrogens is 376 g/mol. The van der Waals surface area contributed by atoms with Crippen LogP contribution in [0.1, 0.15) is 0 Å². The Morgan fingerprint density at radius 3 is 1.65 bits per heavy atom. The van der Waals surface area contributed by atoms with Crippen molar-refractivity contribution >= 4 is 44.0 Å². The van der Waals surface area contributed by atoms with E-state index in [9.17, 15) is 0 Å². The molecule has 0 radical (unpaired) electrons. The Hall–Kier alpha value is -4.04. The Balaban J connectivity index is 1.66. The van der Waals surface area contributed by atoms with Crippen LogP contribution in [-0.2, 0) is 0 Å². The molecule has 0 aliphatic rings. The molecule has 6 rings (SSSR count).